The fraction of sp³-hybridized carbons (Fsp3) is 0.393. The molecule has 1 amide bonds. The van der Waals surface area contributed by atoms with Gasteiger partial charge >= 0.3 is 0 Å². The largest absolute Gasteiger partial charge is 0.493 e. The van der Waals surface area contributed by atoms with Crippen molar-refractivity contribution in [1.29, 1.82) is 0 Å². The molecular formula is C28H39FN4O4S. The molecule has 1 aliphatic carbocycles. The Labute approximate surface area is 227 Å². The first-order valence-corrected chi connectivity index (χ1v) is 14.2. The number of amides is 1. The van der Waals surface area contributed by atoms with E-state index in [2.05, 4.69) is 23.6 Å². The van der Waals surface area contributed by atoms with Crippen molar-refractivity contribution in [3.63, 3.8) is 0 Å². The predicted molar refractivity (Wildman–Crippen MR) is 150 cm³/mol. The van der Waals surface area contributed by atoms with E-state index in [4.69, 9.17) is 15.5 Å². The second kappa shape index (κ2) is 11.1. The number of aromatic nitrogens is 2. The summed E-state index contributed by atoms with van der Waals surface area (Å²) in [5, 5.41) is -0.353. The number of sulfonamides is 1. The van der Waals surface area contributed by atoms with Crippen molar-refractivity contribution in [2.75, 3.05) is 12.3 Å². The molecule has 0 radical (unpaired) electrons. The molecule has 38 heavy (non-hydrogen) atoms. The minimum Gasteiger partial charge on any atom is -0.493 e. The van der Waals surface area contributed by atoms with Crippen LogP contribution in [-0.2, 0) is 10.0 Å². The van der Waals surface area contributed by atoms with Crippen LogP contribution in [0.4, 0.5) is 10.2 Å². The van der Waals surface area contributed by atoms with Gasteiger partial charge < -0.3 is 10.5 Å². The van der Waals surface area contributed by atoms with Gasteiger partial charge in [-0.05, 0) is 67.0 Å². The van der Waals surface area contributed by atoms with E-state index in [9.17, 15) is 17.6 Å². The normalized spacial score (nSPS) is 18.1. The number of halogens is 1. The van der Waals surface area contributed by atoms with Gasteiger partial charge in [-0.25, -0.2) is 14.1 Å². The first-order valence-electron chi connectivity index (χ1n) is 12.7. The zero-order chi connectivity index (χ0) is 27.6. The third-order valence-electron chi connectivity index (χ3n) is 6.79. The van der Waals surface area contributed by atoms with Gasteiger partial charge in [0.2, 0.25) is 0 Å². The zero-order valence-electron chi connectivity index (χ0n) is 21.9. The minimum absolute atomic E-state index is 0. The van der Waals surface area contributed by atoms with Crippen molar-refractivity contribution in [3.8, 4) is 17.0 Å². The van der Waals surface area contributed by atoms with E-state index in [1.54, 1.807) is 18.2 Å². The second-order valence-corrected chi connectivity index (χ2v) is 12.0. The summed E-state index contributed by atoms with van der Waals surface area (Å²) >= 11 is 0. The molecular weight excluding hydrogens is 507 g/mol. The van der Waals surface area contributed by atoms with Gasteiger partial charge in [0.15, 0.2) is 5.03 Å². The summed E-state index contributed by atoms with van der Waals surface area (Å²) in [4.78, 5) is 22.0. The molecule has 0 bridgehead atoms. The number of nitrogens with zero attached hydrogens (tertiary/aromatic N) is 2. The smallest absolute Gasteiger partial charge is 0.281 e. The van der Waals surface area contributed by atoms with E-state index in [0.717, 1.165) is 12.8 Å². The van der Waals surface area contributed by atoms with Crippen LogP contribution in [0.2, 0.25) is 0 Å². The van der Waals surface area contributed by atoms with Gasteiger partial charge in [-0.1, -0.05) is 33.8 Å². The van der Waals surface area contributed by atoms with Crippen LogP contribution >= 0.6 is 0 Å². The van der Waals surface area contributed by atoms with Gasteiger partial charge in [0.25, 0.3) is 15.9 Å². The molecule has 4 rings (SSSR count). The monoisotopic (exact) mass is 546 g/mol. The number of hydrogen-bond acceptors (Lipinski definition) is 7. The molecule has 3 aromatic rings. The fourth-order valence-corrected chi connectivity index (χ4v) is 5.88. The second-order valence-electron chi connectivity index (χ2n) is 10.4. The Kier molecular flexibility index (Phi) is 8.01. The topological polar surface area (TPSA) is 124 Å². The molecule has 2 aromatic heterocycles. The molecule has 1 fully saturated rings. The molecule has 208 valence electrons. The maximum atomic E-state index is 14.5. The third-order valence-corrected chi connectivity index (χ3v) is 8.02. The maximum Gasteiger partial charge on any atom is 0.281 e. The predicted octanol–water partition coefficient (Wildman–Crippen LogP) is 5.91. The summed E-state index contributed by atoms with van der Waals surface area (Å²) in [7, 11) is -4.27. The van der Waals surface area contributed by atoms with Crippen LogP contribution in [0.25, 0.3) is 11.3 Å². The minimum atomic E-state index is -4.27. The molecule has 1 saturated carbocycles. The van der Waals surface area contributed by atoms with Crippen molar-refractivity contribution in [2.24, 2.45) is 17.8 Å². The average Bonchev–Trinajstić information content (AvgIpc) is 3.19. The first-order chi connectivity index (χ1) is 17.9. The molecule has 0 aliphatic heterocycles. The number of ether oxygens (including phenoxy) is 1. The van der Waals surface area contributed by atoms with Crippen LogP contribution in [0.5, 0.6) is 5.75 Å². The highest BCUT2D eigenvalue weighted by Crippen LogP contribution is 2.44. The maximum absolute atomic E-state index is 14.5. The SMILES string of the molecule is CC(C)COc1cc(F)cc(-c2ccc(C(=O)NS(=O)(=O)c3cccc(N)n3)c(C3[C@@H](C)CC[C@@H]3C)n2)c1.[HH].[HH].[HH]. The molecule has 3 N–H and O–H groups in total. The summed E-state index contributed by atoms with van der Waals surface area (Å²) < 4.78 is 48.1. The Morgan fingerprint density at radius 3 is 2.50 bits per heavy atom. The number of hydrogen-bond donors (Lipinski definition) is 2. The van der Waals surface area contributed by atoms with E-state index >= 15 is 0 Å². The fourth-order valence-electron chi connectivity index (χ4n) is 4.93. The lowest BCUT2D eigenvalue weighted by molar-refractivity contribution is 0.0979. The van der Waals surface area contributed by atoms with E-state index in [1.165, 1.54) is 30.3 Å². The zero-order valence-corrected chi connectivity index (χ0v) is 22.8. The van der Waals surface area contributed by atoms with Crippen LogP contribution < -0.4 is 15.2 Å². The summed E-state index contributed by atoms with van der Waals surface area (Å²) in [6.07, 6.45) is 1.91. The molecule has 8 nitrogen and oxygen atoms in total. The highest BCUT2D eigenvalue weighted by atomic mass is 32.2. The molecule has 1 aliphatic rings. The summed E-state index contributed by atoms with van der Waals surface area (Å²) in [6, 6.07) is 11.7. The quantitative estimate of drug-likeness (QED) is 0.360. The standard InChI is InChI=1S/C28H33FN4O4S.3H2/c1-16(2)15-37-21-13-19(12-20(29)14-21)23-11-10-22(27(31-23)26-17(3)8-9-18(26)4)28(34)33-38(35,36)25-7-5-6-24(30)32-25;;;/h5-7,10-14,16-18,26H,8-9,15H2,1-4H3,(H2,30,32)(H,33,34);3*1H/t17-,18-;;;/m0.../s1. The number of carbonyl (C=O) groups is 1. The van der Waals surface area contributed by atoms with Crippen molar-refractivity contribution < 1.29 is 26.6 Å². The van der Waals surface area contributed by atoms with Gasteiger partial charge in [-0.15, -0.1) is 0 Å². The van der Waals surface area contributed by atoms with Crippen molar-refractivity contribution in [3.05, 3.63) is 65.6 Å². The highest BCUT2D eigenvalue weighted by molar-refractivity contribution is 7.90. The molecule has 2 atom stereocenters. The van der Waals surface area contributed by atoms with Crippen LogP contribution in [0, 0.1) is 23.6 Å². The molecule has 10 heteroatoms. The number of pyridine rings is 2. The Bertz CT molecular complexity index is 1450. The van der Waals surface area contributed by atoms with Gasteiger partial charge in [-0.3, -0.25) is 9.78 Å². The van der Waals surface area contributed by atoms with E-state index in [0.29, 0.717) is 29.3 Å². The Hall–Kier alpha value is -3.53. The number of anilines is 1. The highest BCUT2D eigenvalue weighted by Gasteiger charge is 2.36. The number of nitrogens with two attached hydrogens (primary N) is 1. The summed E-state index contributed by atoms with van der Waals surface area (Å²) in [6.45, 7) is 8.64. The van der Waals surface area contributed by atoms with Crippen molar-refractivity contribution >= 4 is 21.7 Å². The van der Waals surface area contributed by atoms with Crippen LogP contribution in [0.1, 0.15) is 66.8 Å². The van der Waals surface area contributed by atoms with Gasteiger partial charge in [-0.2, -0.15) is 8.42 Å². The van der Waals surface area contributed by atoms with E-state index in [1.807, 2.05) is 13.8 Å². The Balaban J connectivity index is 0.00000280. The lowest BCUT2D eigenvalue weighted by Gasteiger charge is -2.23. The average molecular weight is 547 g/mol. The number of nitrogen functional groups attached to an aromatic ring is 1. The third kappa shape index (κ3) is 6.12. The summed E-state index contributed by atoms with van der Waals surface area (Å²) in [5.41, 5.74) is 7.24. The number of rotatable bonds is 8. The molecule has 2 heterocycles. The van der Waals surface area contributed by atoms with E-state index in [-0.39, 0.29) is 44.4 Å². The molecule has 0 spiro atoms. The van der Waals surface area contributed by atoms with Gasteiger partial charge in [0.1, 0.15) is 17.4 Å². The number of nitrogens with one attached hydrogen (secondary N) is 1. The van der Waals surface area contributed by atoms with Crippen LogP contribution in [-0.4, -0.2) is 30.9 Å². The van der Waals surface area contributed by atoms with Crippen LogP contribution in [0.15, 0.2) is 53.6 Å². The Morgan fingerprint density at radius 1 is 1.13 bits per heavy atom. The molecule has 1 aromatic carbocycles. The van der Waals surface area contributed by atoms with Crippen molar-refractivity contribution in [1.82, 2.24) is 14.7 Å². The van der Waals surface area contributed by atoms with Crippen LogP contribution in [0.3, 0.4) is 0 Å². The van der Waals surface area contributed by atoms with Gasteiger partial charge in [0.05, 0.1) is 23.6 Å². The number of benzene rings is 1. The summed E-state index contributed by atoms with van der Waals surface area (Å²) in [5.74, 6) is -0.213. The molecule has 0 unspecified atom stereocenters. The van der Waals surface area contributed by atoms with Crippen molar-refractivity contribution in [2.45, 2.75) is 51.5 Å². The number of carbonyl (C=O) groups excluding carboxylic acids is 1. The van der Waals surface area contributed by atoms with Gasteiger partial charge in [0, 0.05) is 21.8 Å². The lowest BCUT2D eigenvalue weighted by Crippen LogP contribution is -2.33. The molecule has 0 saturated heterocycles. The first kappa shape index (κ1) is 27.5. The Morgan fingerprint density at radius 2 is 1.84 bits per heavy atom. The van der Waals surface area contributed by atoms with E-state index < -0.39 is 21.7 Å². The lowest BCUT2D eigenvalue weighted by atomic mass is 9.85.